The minimum atomic E-state index is -0.361. The normalized spacial score (nSPS) is 10.8. The van der Waals surface area contributed by atoms with Crippen LogP contribution in [0, 0.1) is 0 Å². The zero-order valence-electron chi connectivity index (χ0n) is 12.1. The number of carbonyl (C=O) groups is 1. The number of aliphatic hydroxyl groups excluding tert-OH is 1. The van der Waals surface area contributed by atoms with Crippen molar-refractivity contribution in [3.63, 3.8) is 0 Å². The van der Waals surface area contributed by atoms with Gasteiger partial charge in [-0.15, -0.1) is 0 Å². The number of esters is 1. The molecule has 3 aromatic rings. The number of rotatable bonds is 4. The third-order valence-electron chi connectivity index (χ3n) is 3.31. The lowest BCUT2D eigenvalue weighted by Crippen LogP contribution is -2.04. The summed E-state index contributed by atoms with van der Waals surface area (Å²) in [5, 5.41) is 10.0. The van der Waals surface area contributed by atoms with Crippen molar-refractivity contribution in [1.29, 1.82) is 0 Å². The van der Waals surface area contributed by atoms with E-state index < -0.39 is 0 Å². The quantitative estimate of drug-likeness (QED) is 0.749. The molecular formula is C17H15NO4. The summed E-state index contributed by atoms with van der Waals surface area (Å²) in [6, 6.07) is 8.86. The van der Waals surface area contributed by atoms with Gasteiger partial charge in [0.2, 0.25) is 0 Å². The Hall–Kier alpha value is -2.66. The number of fused-ring (bicyclic) bond motifs is 1. The van der Waals surface area contributed by atoms with Gasteiger partial charge in [0.1, 0.15) is 18.0 Å². The summed E-state index contributed by atoms with van der Waals surface area (Å²) in [5.74, 6) is 0.116. The summed E-state index contributed by atoms with van der Waals surface area (Å²) in [7, 11) is 0. The summed E-state index contributed by atoms with van der Waals surface area (Å²) >= 11 is 0. The van der Waals surface area contributed by atoms with Gasteiger partial charge in [-0.3, -0.25) is 4.98 Å². The van der Waals surface area contributed by atoms with E-state index in [1.807, 2.05) is 6.07 Å². The fourth-order valence-electron chi connectivity index (χ4n) is 2.33. The predicted octanol–water partition coefficient (Wildman–Crippen LogP) is 3.16. The van der Waals surface area contributed by atoms with Crippen LogP contribution in [0.1, 0.15) is 23.0 Å². The number of aliphatic hydroxyl groups is 1. The first-order valence-electron chi connectivity index (χ1n) is 6.97. The Morgan fingerprint density at radius 1 is 1.32 bits per heavy atom. The van der Waals surface area contributed by atoms with Crippen LogP contribution in [-0.4, -0.2) is 22.7 Å². The maximum absolute atomic E-state index is 11.8. The van der Waals surface area contributed by atoms with Gasteiger partial charge in [0.15, 0.2) is 0 Å². The average Bonchev–Trinajstić information content (AvgIpc) is 2.98. The number of aromatic nitrogens is 1. The molecule has 2 heterocycles. The monoisotopic (exact) mass is 297 g/mol. The molecule has 5 nitrogen and oxygen atoms in total. The summed E-state index contributed by atoms with van der Waals surface area (Å²) < 4.78 is 10.7. The molecule has 0 unspecified atom stereocenters. The Balaban J connectivity index is 2.09. The Kier molecular flexibility index (Phi) is 3.89. The van der Waals surface area contributed by atoms with Crippen molar-refractivity contribution in [1.82, 2.24) is 4.98 Å². The van der Waals surface area contributed by atoms with Crippen molar-refractivity contribution in [3.8, 4) is 11.1 Å². The minimum absolute atomic E-state index is 0.170. The Labute approximate surface area is 127 Å². The van der Waals surface area contributed by atoms with Crippen molar-refractivity contribution >= 4 is 16.9 Å². The molecule has 0 amide bonds. The van der Waals surface area contributed by atoms with Gasteiger partial charge in [-0.1, -0.05) is 12.1 Å². The van der Waals surface area contributed by atoms with Crippen LogP contribution in [0.4, 0.5) is 0 Å². The van der Waals surface area contributed by atoms with Gasteiger partial charge in [-0.05, 0) is 30.7 Å². The van der Waals surface area contributed by atoms with Gasteiger partial charge < -0.3 is 14.3 Å². The topological polar surface area (TPSA) is 72.6 Å². The largest absolute Gasteiger partial charge is 0.462 e. The molecule has 0 radical (unpaired) electrons. The molecule has 0 saturated carbocycles. The first kappa shape index (κ1) is 14.3. The number of hydrogen-bond acceptors (Lipinski definition) is 5. The van der Waals surface area contributed by atoms with E-state index in [0.29, 0.717) is 23.5 Å². The van der Waals surface area contributed by atoms with E-state index in [-0.39, 0.29) is 12.6 Å². The number of benzene rings is 1. The van der Waals surface area contributed by atoms with E-state index in [9.17, 15) is 9.90 Å². The van der Waals surface area contributed by atoms with E-state index in [0.717, 1.165) is 16.5 Å². The first-order chi connectivity index (χ1) is 10.7. The zero-order valence-corrected chi connectivity index (χ0v) is 12.1. The highest BCUT2D eigenvalue weighted by molar-refractivity contribution is 5.95. The number of ether oxygens (including phenoxy) is 1. The summed E-state index contributed by atoms with van der Waals surface area (Å²) in [4.78, 5) is 16.0. The van der Waals surface area contributed by atoms with E-state index in [1.54, 1.807) is 43.6 Å². The fourth-order valence-corrected chi connectivity index (χ4v) is 2.33. The van der Waals surface area contributed by atoms with Crippen molar-refractivity contribution in [2.24, 2.45) is 0 Å². The number of nitrogens with zero attached hydrogens (tertiary/aromatic N) is 1. The number of carbonyl (C=O) groups excluding carboxylic acids is 1. The standard InChI is InChI=1S/C17H15NO4/c1-2-21-17(20)12-5-3-4-11(6-12)15-9-18-8-13-7-14(10-19)22-16(13)15/h3-9,19H,2,10H2,1H3. The molecule has 0 aliphatic carbocycles. The molecule has 0 bridgehead atoms. The molecule has 0 aliphatic heterocycles. The van der Waals surface area contributed by atoms with Gasteiger partial charge in [-0.25, -0.2) is 4.79 Å². The lowest BCUT2D eigenvalue weighted by atomic mass is 10.0. The van der Waals surface area contributed by atoms with E-state index >= 15 is 0 Å². The predicted molar refractivity (Wildman–Crippen MR) is 81.3 cm³/mol. The molecule has 3 rings (SSSR count). The van der Waals surface area contributed by atoms with Gasteiger partial charge >= 0.3 is 5.97 Å². The Morgan fingerprint density at radius 3 is 2.95 bits per heavy atom. The molecule has 1 aromatic carbocycles. The van der Waals surface area contributed by atoms with Crippen LogP contribution in [0.25, 0.3) is 22.1 Å². The Bertz CT molecular complexity index is 822. The van der Waals surface area contributed by atoms with E-state index in [1.165, 1.54) is 0 Å². The Morgan fingerprint density at radius 2 is 2.18 bits per heavy atom. The fraction of sp³-hybridized carbons (Fsp3) is 0.176. The van der Waals surface area contributed by atoms with Crippen LogP contribution < -0.4 is 0 Å². The molecular weight excluding hydrogens is 282 g/mol. The second-order valence-electron chi connectivity index (χ2n) is 4.78. The molecule has 112 valence electrons. The molecule has 0 fully saturated rings. The van der Waals surface area contributed by atoms with Gasteiger partial charge in [0.05, 0.1) is 12.2 Å². The van der Waals surface area contributed by atoms with Crippen LogP contribution in [0.15, 0.2) is 47.1 Å². The maximum Gasteiger partial charge on any atom is 0.338 e. The smallest absolute Gasteiger partial charge is 0.338 e. The first-order valence-corrected chi connectivity index (χ1v) is 6.97. The van der Waals surface area contributed by atoms with E-state index in [2.05, 4.69) is 4.98 Å². The van der Waals surface area contributed by atoms with Crippen LogP contribution >= 0.6 is 0 Å². The lowest BCUT2D eigenvalue weighted by molar-refractivity contribution is 0.0526. The average molecular weight is 297 g/mol. The second-order valence-corrected chi connectivity index (χ2v) is 4.78. The van der Waals surface area contributed by atoms with Gasteiger partial charge in [0.25, 0.3) is 0 Å². The van der Waals surface area contributed by atoms with Crippen molar-refractivity contribution in [2.45, 2.75) is 13.5 Å². The summed E-state index contributed by atoms with van der Waals surface area (Å²) in [5.41, 5.74) is 2.69. The minimum Gasteiger partial charge on any atom is -0.462 e. The van der Waals surface area contributed by atoms with E-state index in [4.69, 9.17) is 9.15 Å². The number of furan rings is 1. The highest BCUT2D eigenvalue weighted by atomic mass is 16.5. The van der Waals surface area contributed by atoms with Crippen LogP contribution in [0.3, 0.4) is 0 Å². The SMILES string of the molecule is CCOC(=O)c1cccc(-c2cncc3cc(CO)oc23)c1. The summed E-state index contributed by atoms with van der Waals surface area (Å²) in [6.45, 7) is 1.93. The lowest BCUT2D eigenvalue weighted by Gasteiger charge is -2.05. The summed E-state index contributed by atoms with van der Waals surface area (Å²) in [6.07, 6.45) is 3.36. The molecule has 2 aromatic heterocycles. The van der Waals surface area contributed by atoms with Crippen LogP contribution in [0.2, 0.25) is 0 Å². The zero-order chi connectivity index (χ0) is 15.5. The molecule has 0 aliphatic rings. The molecule has 1 N–H and O–H groups in total. The van der Waals surface area contributed by atoms with Crippen LogP contribution in [-0.2, 0) is 11.3 Å². The highest BCUT2D eigenvalue weighted by Crippen LogP contribution is 2.30. The third-order valence-corrected chi connectivity index (χ3v) is 3.31. The van der Waals surface area contributed by atoms with Crippen molar-refractivity contribution in [2.75, 3.05) is 6.61 Å². The highest BCUT2D eigenvalue weighted by Gasteiger charge is 2.13. The van der Waals surface area contributed by atoms with Crippen molar-refractivity contribution < 1.29 is 19.1 Å². The number of pyridine rings is 1. The maximum atomic E-state index is 11.8. The van der Waals surface area contributed by atoms with Crippen LogP contribution in [0.5, 0.6) is 0 Å². The van der Waals surface area contributed by atoms with Gasteiger partial charge in [0, 0.05) is 23.3 Å². The number of hydrogen-bond donors (Lipinski definition) is 1. The molecule has 0 spiro atoms. The second kappa shape index (κ2) is 5.99. The molecule has 22 heavy (non-hydrogen) atoms. The van der Waals surface area contributed by atoms with Crippen molar-refractivity contribution in [3.05, 3.63) is 54.0 Å². The van der Waals surface area contributed by atoms with Gasteiger partial charge in [-0.2, -0.15) is 0 Å². The third kappa shape index (κ3) is 2.58. The molecule has 0 atom stereocenters. The molecule has 0 saturated heterocycles. The molecule has 5 heteroatoms.